The van der Waals surface area contributed by atoms with Crippen LogP contribution >= 0.6 is 15.9 Å². The Balaban J connectivity index is 2.06. The molecule has 0 aliphatic rings. The van der Waals surface area contributed by atoms with Crippen LogP contribution in [-0.2, 0) is 12.8 Å². The molecule has 0 aliphatic carbocycles. The van der Waals surface area contributed by atoms with Gasteiger partial charge < -0.3 is 10.5 Å². The fourth-order valence-electron chi connectivity index (χ4n) is 2.39. The van der Waals surface area contributed by atoms with Crippen LogP contribution in [0.1, 0.15) is 18.1 Å². The Morgan fingerprint density at radius 1 is 1.05 bits per heavy atom. The highest BCUT2D eigenvalue weighted by Gasteiger charge is 2.19. The standard InChI is InChI=1S/C17H20BrNO/c1-17(19,12-14-4-3-5-15(18)10-14)11-13-6-8-16(20-2)9-7-13/h3-10H,11-12,19H2,1-2H3. The zero-order chi connectivity index (χ0) is 14.6. The van der Waals surface area contributed by atoms with Gasteiger partial charge in [0.2, 0.25) is 0 Å². The minimum atomic E-state index is -0.268. The third-order valence-electron chi connectivity index (χ3n) is 3.26. The lowest BCUT2D eigenvalue weighted by molar-refractivity contribution is 0.414. The molecular weight excluding hydrogens is 314 g/mol. The fourth-order valence-corrected chi connectivity index (χ4v) is 2.83. The highest BCUT2D eigenvalue weighted by Crippen LogP contribution is 2.20. The molecular formula is C17H20BrNO. The monoisotopic (exact) mass is 333 g/mol. The number of ether oxygens (including phenoxy) is 1. The molecule has 2 nitrogen and oxygen atoms in total. The summed E-state index contributed by atoms with van der Waals surface area (Å²) >= 11 is 3.50. The van der Waals surface area contributed by atoms with Gasteiger partial charge in [-0.05, 0) is 55.2 Å². The summed E-state index contributed by atoms with van der Waals surface area (Å²) in [5.41, 5.74) is 8.66. The van der Waals surface area contributed by atoms with Gasteiger partial charge in [0.25, 0.3) is 0 Å². The van der Waals surface area contributed by atoms with Gasteiger partial charge in [-0.2, -0.15) is 0 Å². The van der Waals surface area contributed by atoms with Crippen molar-refractivity contribution in [2.24, 2.45) is 5.73 Å². The maximum absolute atomic E-state index is 6.45. The second kappa shape index (κ2) is 6.42. The molecule has 0 aromatic heterocycles. The summed E-state index contributed by atoms with van der Waals surface area (Å²) in [5.74, 6) is 0.875. The molecule has 0 radical (unpaired) electrons. The van der Waals surface area contributed by atoms with E-state index >= 15 is 0 Å². The molecule has 0 amide bonds. The van der Waals surface area contributed by atoms with Crippen molar-refractivity contribution in [3.8, 4) is 5.75 Å². The van der Waals surface area contributed by atoms with Crippen LogP contribution in [0.5, 0.6) is 5.75 Å². The molecule has 0 fully saturated rings. The fraction of sp³-hybridized carbons (Fsp3) is 0.294. The highest BCUT2D eigenvalue weighted by atomic mass is 79.9. The minimum absolute atomic E-state index is 0.268. The Kier molecular flexibility index (Phi) is 4.84. The third-order valence-corrected chi connectivity index (χ3v) is 3.76. The first kappa shape index (κ1) is 15.1. The topological polar surface area (TPSA) is 35.2 Å². The number of methoxy groups -OCH3 is 1. The van der Waals surface area contributed by atoms with Crippen molar-refractivity contribution < 1.29 is 4.74 Å². The van der Waals surface area contributed by atoms with E-state index in [-0.39, 0.29) is 5.54 Å². The second-order valence-corrected chi connectivity index (χ2v) is 6.40. The molecule has 106 valence electrons. The summed E-state index contributed by atoms with van der Waals surface area (Å²) in [4.78, 5) is 0. The SMILES string of the molecule is COc1ccc(CC(C)(N)Cc2cccc(Br)c2)cc1. The van der Waals surface area contributed by atoms with E-state index in [1.54, 1.807) is 7.11 Å². The molecule has 1 unspecified atom stereocenters. The van der Waals surface area contributed by atoms with E-state index in [4.69, 9.17) is 10.5 Å². The molecule has 2 N–H and O–H groups in total. The number of hydrogen-bond acceptors (Lipinski definition) is 2. The van der Waals surface area contributed by atoms with Crippen LogP contribution < -0.4 is 10.5 Å². The minimum Gasteiger partial charge on any atom is -0.497 e. The molecule has 3 heteroatoms. The van der Waals surface area contributed by atoms with Crippen molar-refractivity contribution in [2.75, 3.05) is 7.11 Å². The molecule has 0 spiro atoms. The maximum atomic E-state index is 6.45. The molecule has 20 heavy (non-hydrogen) atoms. The van der Waals surface area contributed by atoms with Crippen LogP contribution in [0.25, 0.3) is 0 Å². The van der Waals surface area contributed by atoms with Crippen molar-refractivity contribution in [2.45, 2.75) is 25.3 Å². The molecule has 0 aliphatic heterocycles. The summed E-state index contributed by atoms with van der Waals surface area (Å²) in [6, 6.07) is 16.4. The van der Waals surface area contributed by atoms with Gasteiger partial charge >= 0.3 is 0 Å². The number of hydrogen-bond donors (Lipinski definition) is 1. The van der Waals surface area contributed by atoms with Gasteiger partial charge in [-0.15, -0.1) is 0 Å². The van der Waals surface area contributed by atoms with E-state index in [1.807, 2.05) is 24.3 Å². The van der Waals surface area contributed by atoms with Gasteiger partial charge in [-0.25, -0.2) is 0 Å². The van der Waals surface area contributed by atoms with Crippen LogP contribution in [0.2, 0.25) is 0 Å². The van der Waals surface area contributed by atoms with E-state index in [2.05, 4.69) is 47.1 Å². The van der Waals surface area contributed by atoms with Crippen molar-refractivity contribution in [3.05, 3.63) is 64.1 Å². The van der Waals surface area contributed by atoms with Crippen molar-refractivity contribution >= 4 is 15.9 Å². The molecule has 2 aromatic carbocycles. The predicted molar refractivity (Wildman–Crippen MR) is 87.1 cm³/mol. The lowest BCUT2D eigenvalue weighted by Gasteiger charge is -2.25. The van der Waals surface area contributed by atoms with Gasteiger partial charge in [0, 0.05) is 10.0 Å². The predicted octanol–water partition coefficient (Wildman–Crippen LogP) is 3.96. The summed E-state index contributed by atoms with van der Waals surface area (Å²) in [7, 11) is 1.68. The first-order valence-electron chi connectivity index (χ1n) is 6.65. The van der Waals surface area contributed by atoms with Gasteiger partial charge in [0.1, 0.15) is 5.75 Å². The molecule has 0 bridgehead atoms. The Labute approximate surface area is 129 Å². The second-order valence-electron chi connectivity index (χ2n) is 5.49. The quantitative estimate of drug-likeness (QED) is 0.898. The molecule has 2 aromatic rings. The third kappa shape index (κ3) is 4.36. The van der Waals surface area contributed by atoms with E-state index < -0.39 is 0 Å². The Bertz CT molecular complexity index is 563. The van der Waals surface area contributed by atoms with E-state index in [9.17, 15) is 0 Å². The summed E-state index contributed by atoms with van der Waals surface area (Å²) < 4.78 is 6.26. The molecule has 0 saturated carbocycles. The number of rotatable bonds is 5. The van der Waals surface area contributed by atoms with E-state index in [0.717, 1.165) is 23.1 Å². The first-order chi connectivity index (χ1) is 9.48. The van der Waals surface area contributed by atoms with Crippen LogP contribution in [0.15, 0.2) is 53.0 Å². The smallest absolute Gasteiger partial charge is 0.118 e. The van der Waals surface area contributed by atoms with Crippen molar-refractivity contribution in [1.82, 2.24) is 0 Å². The lowest BCUT2D eigenvalue weighted by atomic mass is 9.87. The average molecular weight is 334 g/mol. The number of halogens is 1. The summed E-state index contributed by atoms with van der Waals surface area (Å²) in [6.45, 7) is 2.10. The average Bonchev–Trinajstić information content (AvgIpc) is 2.38. The normalized spacial score (nSPS) is 13.8. The van der Waals surface area contributed by atoms with Gasteiger partial charge in [-0.3, -0.25) is 0 Å². The number of nitrogens with two attached hydrogens (primary N) is 1. The Morgan fingerprint density at radius 3 is 2.30 bits per heavy atom. The van der Waals surface area contributed by atoms with Crippen LogP contribution in [0, 0.1) is 0 Å². The summed E-state index contributed by atoms with van der Waals surface area (Å²) in [6.07, 6.45) is 1.68. The van der Waals surface area contributed by atoms with Crippen molar-refractivity contribution in [1.29, 1.82) is 0 Å². The van der Waals surface area contributed by atoms with Crippen LogP contribution in [0.4, 0.5) is 0 Å². The van der Waals surface area contributed by atoms with Gasteiger partial charge in [0.15, 0.2) is 0 Å². The Morgan fingerprint density at radius 2 is 1.70 bits per heavy atom. The molecule has 2 rings (SSSR count). The molecule has 0 heterocycles. The highest BCUT2D eigenvalue weighted by molar-refractivity contribution is 9.10. The molecule has 0 saturated heterocycles. The van der Waals surface area contributed by atoms with E-state index in [1.165, 1.54) is 11.1 Å². The summed E-state index contributed by atoms with van der Waals surface area (Å²) in [5, 5.41) is 0. The lowest BCUT2D eigenvalue weighted by Crippen LogP contribution is -2.40. The number of benzene rings is 2. The van der Waals surface area contributed by atoms with Gasteiger partial charge in [0.05, 0.1) is 7.11 Å². The van der Waals surface area contributed by atoms with E-state index in [0.29, 0.717) is 0 Å². The van der Waals surface area contributed by atoms with Crippen molar-refractivity contribution in [3.63, 3.8) is 0 Å². The Hall–Kier alpha value is -1.32. The van der Waals surface area contributed by atoms with Gasteiger partial charge in [-0.1, -0.05) is 40.2 Å². The largest absolute Gasteiger partial charge is 0.497 e. The maximum Gasteiger partial charge on any atom is 0.118 e. The van der Waals surface area contributed by atoms with Crippen LogP contribution in [0.3, 0.4) is 0 Å². The zero-order valence-corrected chi connectivity index (χ0v) is 13.5. The molecule has 1 atom stereocenters. The zero-order valence-electron chi connectivity index (χ0n) is 11.9. The first-order valence-corrected chi connectivity index (χ1v) is 7.44. The van der Waals surface area contributed by atoms with Crippen LogP contribution in [-0.4, -0.2) is 12.6 Å².